The molecule has 1 heterocycles. The Labute approximate surface area is 118 Å². The monoisotopic (exact) mass is 266 g/mol. The molecule has 1 rings (SSSR count). The van der Waals surface area contributed by atoms with Crippen molar-refractivity contribution in [2.45, 2.75) is 79.1 Å². The summed E-state index contributed by atoms with van der Waals surface area (Å²) in [6.07, 6.45) is 9.15. The van der Waals surface area contributed by atoms with E-state index < -0.39 is 0 Å². The van der Waals surface area contributed by atoms with Gasteiger partial charge in [0.1, 0.15) is 11.7 Å². The SMILES string of the molecule is CCCCC(CC)=C1OC(=O)C1C(CC)CCCC. The average Bonchev–Trinajstić information content (AvgIpc) is 2.42. The highest BCUT2D eigenvalue weighted by Gasteiger charge is 2.43. The van der Waals surface area contributed by atoms with Crippen LogP contribution >= 0.6 is 0 Å². The first-order valence-electron chi connectivity index (χ1n) is 8.13. The normalized spacial score (nSPS) is 22.7. The van der Waals surface area contributed by atoms with Crippen molar-refractivity contribution in [3.63, 3.8) is 0 Å². The van der Waals surface area contributed by atoms with Crippen molar-refractivity contribution in [2.75, 3.05) is 0 Å². The second-order valence-electron chi connectivity index (χ2n) is 5.63. The van der Waals surface area contributed by atoms with Crippen LogP contribution in [0.3, 0.4) is 0 Å². The Morgan fingerprint density at radius 3 is 2.32 bits per heavy atom. The summed E-state index contributed by atoms with van der Waals surface area (Å²) >= 11 is 0. The number of carbonyl (C=O) groups excluding carboxylic acids is 1. The van der Waals surface area contributed by atoms with Gasteiger partial charge < -0.3 is 4.74 Å². The van der Waals surface area contributed by atoms with E-state index in [0.717, 1.165) is 31.4 Å². The van der Waals surface area contributed by atoms with Gasteiger partial charge in [-0.2, -0.15) is 0 Å². The minimum absolute atomic E-state index is 0.0143. The number of unbranched alkanes of at least 4 members (excludes halogenated alkanes) is 2. The van der Waals surface area contributed by atoms with Gasteiger partial charge in [0.2, 0.25) is 0 Å². The molecule has 0 bridgehead atoms. The summed E-state index contributed by atoms with van der Waals surface area (Å²) in [5, 5.41) is 0. The zero-order chi connectivity index (χ0) is 14.3. The molecule has 0 spiro atoms. The second-order valence-corrected chi connectivity index (χ2v) is 5.63. The van der Waals surface area contributed by atoms with Gasteiger partial charge in [0.25, 0.3) is 0 Å². The third kappa shape index (κ3) is 4.09. The van der Waals surface area contributed by atoms with E-state index >= 15 is 0 Å². The van der Waals surface area contributed by atoms with Gasteiger partial charge in [-0.3, -0.25) is 4.79 Å². The molecule has 1 aliphatic heterocycles. The third-order valence-electron chi connectivity index (χ3n) is 4.28. The van der Waals surface area contributed by atoms with E-state index in [4.69, 9.17) is 4.74 Å². The molecule has 0 N–H and O–H groups in total. The predicted molar refractivity (Wildman–Crippen MR) is 79.7 cm³/mol. The van der Waals surface area contributed by atoms with Crippen LogP contribution in [0.15, 0.2) is 11.3 Å². The van der Waals surface area contributed by atoms with Crippen LogP contribution in [0.1, 0.15) is 79.1 Å². The zero-order valence-electron chi connectivity index (χ0n) is 13.1. The van der Waals surface area contributed by atoms with Crippen molar-refractivity contribution >= 4 is 5.97 Å². The number of allylic oxidation sites excluding steroid dienone is 1. The molecule has 2 unspecified atom stereocenters. The maximum absolute atomic E-state index is 11.8. The van der Waals surface area contributed by atoms with Crippen LogP contribution in [0.25, 0.3) is 0 Å². The lowest BCUT2D eigenvalue weighted by molar-refractivity contribution is -0.161. The van der Waals surface area contributed by atoms with Crippen molar-refractivity contribution in [1.82, 2.24) is 0 Å². The number of hydrogen-bond acceptors (Lipinski definition) is 2. The maximum atomic E-state index is 11.8. The number of cyclic esters (lactones) is 1. The zero-order valence-corrected chi connectivity index (χ0v) is 13.1. The number of carbonyl (C=O) groups is 1. The first kappa shape index (κ1) is 16.3. The van der Waals surface area contributed by atoms with Crippen LogP contribution in [0.2, 0.25) is 0 Å². The Kier molecular flexibility index (Phi) is 7.19. The molecule has 1 saturated heterocycles. The third-order valence-corrected chi connectivity index (χ3v) is 4.28. The molecule has 2 atom stereocenters. The lowest BCUT2D eigenvalue weighted by Crippen LogP contribution is -2.39. The smallest absolute Gasteiger partial charge is 0.322 e. The molecule has 0 aromatic heterocycles. The van der Waals surface area contributed by atoms with E-state index in [1.54, 1.807) is 0 Å². The van der Waals surface area contributed by atoms with E-state index in [2.05, 4.69) is 27.7 Å². The molecule has 0 aliphatic carbocycles. The Hall–Kier alpha value is -0.790. The fourth-order valence-electron chi connectivity index (χ4n) is 2.92. The molecular weight excluding hydrogens is 236 g/mol. The number of hydrogen-bond donors (Lipinski definition) is 0. The highest BCUT2D eigenvalue weighted by atomic mass is 16.6. The van der Waals surface area contributed by atoms with E-state index in [-0.39, 0.29) is 11.9 Å². The summed E-state index contributed by atoms with van der Waals surface area (Å²) in [5.41, 5.74) is 1.38. The number of esters is 1. The molecule has 2 heteroatoms. The van der Waals surface area contributed by atoms with Crippen LogP contribution < -0.4 is 0 Å². The lowest BCUT2D eigenvalue weighted by atomic mass is 9.79. The number of ether oxygens (including phenoxy) is 1. The van der Waals surface area contributed by atoms with Gasteiger partial charge in [-0.15, -0.1) is 0 Å². The van der Waals surface area contributed by atoms with Crippen molar-refractivity contribution in [2.24, 2.45) is 11.8 Å². The molecule has 1 aliphatic rings. The van der Waals surface area contributed by atoms with Crippen LogP contribution in [-0.2, 0) is 9.53 Å². The first-order valence-corrected chi connectivity index (χ1v) is 8.13. The van der Waals surface area contributed by atoms with E-state index in [0.29, 0.717) is 5.92 Å². The molecule has 110 valence electrons. The van der Waals surface area contributed by atoms with Crippen molar-refractivity contribution < 1.29 is 9.53 Å². The standard InChI is InChI=1S/C17H30O2/c1-5-9-11-13(7-3)15-16(19-17(15)18)14(8-4)12-10-6-2/h13,15H,5-12H2,1-4H3. The molecule has 0 aromatic rings. The van der Waals surface area contributed by atoms with Gasteiger partial charge in [0.15, 0.2) is 0 Å². The van der Waals surface area contributed by atoms with Gasteiger partial charge >= 0.3 is 5.97 Å². The molecule has 1 fully saturated rings. The second kappa shape index (κ2) is 8.39. The van der Waals surface area contributed by atoms with Gasteiger partial charge in [-0.05, 0) is 37.2 Å². The Balaban J connectivity index is 2.77. The predicted octanol–water partition coefficient (Wildman–Crippen LogP) is 5.23. The fourth-order valence-corrected chi connectivity index (χ4v) is 2.92. The summed E-state index contributed by atoms with van der Waals surface area (Å²) in [6.45, 7) is 8.79. The Morgan fingerprint density at radius 1 is 1.16 bits per heavy atom. The Morgan fingerprint density at radius 2 is 1.84 bits per heavy atom. The molecule has 2 nitrogen and oxygen atoms in total. The quantitative estimate of drug-likeness (QED) is 0.534. The first-order chi connectivity index (χ1) is 9.19. The topological polar surface area (TPSA) is 26.3 Å². The molecule has 0 radical (unpaired) electrons. The van der Waals surface area contributed by atoms with Crippen LogP contribution in [-0.4, -0.2) is 5.97 Å². The summed E-state index contributed by atoms with van der Waals surface area (Å²) < 4.78 is 5.41. The summed E-state index contributed by atoms with van der Waals surface area (Å²) in [7, 11) is 0. The fraction of sp³-hybridized carbons (Fsp3) is 0.824. The van der Waals surface area contributed by atoms with E-state index in [1.165, 1.54) is 31.3 Å². The summed E-state index contributed by atoms with van der Waals surface area (Å²) in [4.78, 5) is 11.8. The van der Waals surface area contributed by atoms with E-state index in [9.17, 15) is 4.79 Å². The van der Waals surface area contributed by atoms with Crippen molar-refractivity contribution in [1.29, 1.82) is 0 Å². The average molecular weight is 266 g/mol. The highest BCUT2D eigenvalue weighted by Crippen LogP contribution is 2.40. The summed E-state index contributed by atoms with van der Waals surface area (Å²) in [5.74, 6) is 1.60. The van der Waals surface area contributed by atoms with Crippen molar-refractivity contribution in [3.05, 3.63) is 11.3 Å². The van der Waals surface area contributed by atoms with Crippen LogP contribution in [0, 0.1) is 11.8 Å². The summed E-state index contributed by atoms with van der Waals surface area (Å²) in [6, 6.07) is 0. The molecule has 19 heavy (non-hydrogen) atoms. The highest BCUT2D eigenvalue weighted by molar-refractivity contribution is 5.83. The van der Waals surface area contributed by atoms with Crippen LogP contribution in [0.4, 0.5) is 0 Å². The van der Waals surface area contributed by atoms with Crippen molar-refractivity contribution in [3.8, 4) is 0 Å². The van der Waals surface area contributed by atoms with Gasteiger partial charge in [-0.1, -0.05) is 53.4 Å². The molecule has 0 saturated carbocycles. The van der Waals surface area contributed by atoms with Gasteiger partial charge in [-0.25, -0.2) is 0 Å². The van der Waals surface area contributed by atoms with Crippen LogP contribution in [0.5, 0.6) is 0 Å². The van der Waals surface area contributed by atoms with Gasteiger partial charge in [0.05, 0.1) is 0 Å². The van der Waals surface area contributed by atoms with E-state index in [1.807, 2.05) is 0 Å². The maximum Gasteiger partial charge on any atom is 0.322 e. The van der Waals surface area contributed by atoms with Gasteiger partial charge in [0, 0.05) is 0 Å². The minimum Gasteiger partial charge on any atom is -0.430 e. The largest absolute Gasteiger partial charge is 0.430 e. The minimum atomic E-state index is 0.0143. The molecule has 0 aromatic carbocycles. The molecule has 0 amide bonds. The lowest BCUT2D eigenvalue weighted by Gasteiger charge is -2.36. The number of rotatable bonds is 9. The molecular formula is C17H30O2. The Bertz CT molecular complexity index is 317.